The zero-order valence-corrected chi connectivity index (χ0v) is 9.87. The molecule has 0 radical (unpaired) electrons. The largest absolute Gasteiger partial charge is 0.325 e. The molecule has 2 rings (SSSR count). The van der Waals surface area contributed by atoms with Crippen LogP contribution < -0.4 is 5.32 Å². The van der Waals surface area contributed by atoms with Gasteiger partial charge in [0, 0.05) is 12.3 Å². The topological polar surface area (TPSA) is 74.5 Å². The van der Waals surface area contributed by atoms with Gasteiger partial charge in [-0.25, -0.2) is 15.0 Å². The van der Waals surface area contributed by atoms with E-state index in [9.17, 15) is 0 Å². The van der Waals surface area contributed by atoms with Gasteiger partial charge in [0.25, 0.3) is 0 Å². The van der Waals surface area contributed by atoms with Crippen LogP contribution in [0.5, 0.6) is 0 Å². The Morgan fingerprint density at radius 2 is 2.00 bits per heavy atom. The van der Waals surface area contributed by atoms with E-state index in [-0.39, 0.29) is 10.4 Å². The first-order chi connectivity index (χ1) is 8.17. The Morgan fingerprint density at radius 1 is 1.18 bits per heavy atom. The van der Waals surface area contributed by atoms with Gasteiger partial charge in [-0.2, -0.15) is 5.26 Å². The van der Waals surface area contributed by atoms with Gasteiger partial charge >= 0.3 is 0 Å². The van der Waals surface area contributed by atoms with Crippen LogP contribution >= 0.6 is 23.2 Å². The third kappa shape index (κ3) is 3.03. The fourth-order valence-electron chi connectivity index (χ4n) is 1.15. The molecule has 0 atom stereocenters. The zero-order chi connectivity index (χ0) is 12.3. The van der Waals surface area contributed by atoms with Crippen LogP contribution in [0, 0.1) is 11.3 Å². The number of hydrogen-bond donors (Lipinski definition) is 1. The van der Waals surface area contributed by atoms with Crippen LogP contribution in [-0.4, -0.2) is 15.0 Å². The van der Waals surface area contributed by atoms with E-state index in [0.29, 0.717) is 17.2 Å². The van der Waals surface area contributed by atoms with Crippen LogP contribution in [0.15, 0.2) is 24.4 Å². The summed E-state index contributed by atoms with van der Waals surface area (Å²) in [6, 6.07) is 6.71. The lowest BCUT2D eigenvalue weighted by molar-refractivity contribution is 1.16. The molecule has 0 aliphatic rings. The lowest BCUT2D eigenvalue weighted by atomic mass is 10.3. The fourth-order valence-corrected chi connectivity index (χ4v) is 1.56. The first-order valence-corrected chi connectivity index (χ1v) is 5.26. The van der Waals surface area contributed by atoms with Gasteiger partial charge in [-0.3, -0.25) is 0 Å². The number of nitrogens with zero attached hydrogens (tertiary/aromatic N) is 4. The molecule has 84 valence electrons. The molecule has 0 saturated heterocycles. The van der Waals surface area contributed by atoms with E-state index >= 15 is 0 Å². The maximum absolute atomic E-state index is 8.74. The van der Waals surface area contributed by atoms with Gasteiger partial charge in [0.2, 0.25) is 5.28 Å². The maximum Gasteiger partial charge on any atom is 0.225 e. The van der Waals surface area contributed by atoms with Crippen LogP contribution in [0.1, 0.15) is 5.56 Å². The number of hydrogen-bond acceptors (Lipinski definition) is 5. The predicted molar refractivity (Wildman–Crippen MR) is 64.3 cm³/mol. The minimum atomic E-state index is 0.0384. The van der Waals surface area contributed by atoms with Crippen LogP contribution in [0.25, 0.3) is 0 Å². The highest BCUT2D eigenvalue weighted by Gasteiger charge is 2.03. The van der Waals surface area contributed by atoms with E-state index in [1.807, 2.05) is 6.07 Å². The molecule has 17 heavy (non-hydrogen) atoms. The molecule has 0 fully saturated rings. The average Bonchev–Trinajstić information content (AvgIpc) is 2.28. The monoisotopic (exact) mass is 265 g/mol. The molecule has 5 nitrogen and oxygen atoms in total. The first kappa shape index (κ1) is 11.6. The van der Waals surface area contributed by atoms with Gasteiger partial charge in [-0.15, -0.1) is 0 Å². The van der Waals surface area contributed by atoms with E-state index in [1.54, 1.807) is 12.1 Å². The van der Waals surface area contributed by atoms with Crippen LogP contribution in [-0.2, 0) is 0 Å². The van der Waals surface area contributed by atoms with Gasteiger partial charge < -0.3 is 5.32 Å². The molecule has 2 heterocycles. The second-order valence-corrected chi connectivity index (χ2v) is 3.74. The Labute approximate surface area is 107 Å². The molecule has 0 aromatic carbocycles. The normalized spacial score (nSPS) is 9.71. The molecule has 0 aliphatic carbocycles. The van der Waals surface area contributed by atoms with Gasteiger partial charge in [0.05, 0.1) is 11.6 Å². The van der Waals surface area contributed by atoms with Crippen LogP contribution in [0.2, 0.25) is 10.4 Å². The van der Waals surface area contributed by atoms with Crippen molar-refractivity contribution in [2.45, 2.75) is 0 Å². The molecule has 2 aromatic rings. The second-order valence-electron chi connectivity index (χ2n) is 3.01. The number of nitrogens with one attached hydrogen (secondary N) is 1. The van der Waals surface area contributed by atoms with Crippen molar-refractivity contribution in [3.05, 3.63) is 40.4 Å². The Balaban J connectivity index is 2.28. The summed E-state index contributed by atoms with van der Waals surface area (Å²) in [7, 11) is 0. The summed E-state index contributed by atoms with van der Waals surface area (Å²) in [5.74, 6) is 0.896. The van der Waals surface area contributed by atoms with E-state index in [1.165, 1.54) is 12.3 Å². The van der Waals surface area contributed by atoms with Gasteiger partial charge in [0.1, 0.15) is 16.8 Å². The predicted octanol–water partition coefficient (Wildman–Crippen LogP) is 2.79. The number of rotatable bonds is 2. The van der Waals surface area contributed by atoms with Crippen molar-refractivity contribution < 1.29 is 0 Å². The van der Waals surface area contributed by atoms with Crippen LogP contribution in [0.3, 0.4) is 0 Å². The molecular formula is C10H5Cl2N5. The number of nitriles is 1. The molecule has 0 unspecified atom stereocenters. The van der Waals surface area contributed by atoms with Crippen LogP contribution in [0.4, 0.5) is 11.6 Å². The van der Waals surface area contributed by atoms with Gasteiger partial charge in [-0.1, -0.05) is 11.6 Å². The molecule has 1 N–H and O–H groups in total. The zero-order valence-electron chi connectivity index (χ0n) is 8.35. The van der Waals surface area contributed by atoms with Crippen molar-refractivity contribution in [1.82, 2.24) is 15.0 Å². The number of aromatic nitrogens is 3. The summed E-state index contributed by atoms with van der Waals surface area (Å²) >= 11 is 11.4. The number of pyridine rings is 1. The van der Waals surface area contributed by atoms with Crippen molar-refractivity contribution in [2.75, 3.05) is 5.32 Å². The third-order valence-corrected chi connectivity index (χ3v) is 2.18. The minimum Gasteiger partial charge on any atom is -0.325 e. The summed E-state index contributed by atoms with van der Waals surface area (Å²) in [5.41, 5.74) is 0.494. The quantitative estimate of drug-likeness (QED) is 0.668. The summed E-state index contributed by atoms with van der Waals surface area (Å²) in [6.07, 6.45) is 1.52. The Morgan fingerprint density at radius 3 is 2.71 bits per heavy atom. The highest BCUT2D eigenvalue weighted by molar-refractivity contribution is 6.32. The van der Waals surface area contributed by atoms with Gasteiger partial charge in [0.15, 0.2) is 0 Å². The Hall–Kier alpha value is -1.90. The molecule has 0 spiro atoms. The summed E-state index contributed by atoms with van der Waals surface area (Å²) in [5, 5.41) is 11.9. The minimum absolute atomic E-state index is 0.0384. The molecule has 0 aliphatic heterocycles. The van der Waals surface area contributed by atoms with E-state index in [4.69, 9.17) is 28.5 Å². The molecule has 7 heteroatoms. The third-order valence-electron chi connectivity index (χ3n) is 1.81. The lowest BCUT2D eigenvalue weighted by Crippen LogP contribution is -1.97. The smallest absolute Gasteiger partial charge is 0.225 e. The Bertz CT molecular complexity index is 573. The van der Waals surface area contributed by atoms with Crippen molar-refractivity contribution in [1.29, 1.82) is 5.26 Å². The summed E-state index contributed by atoms with van der Waals surface area (Å²) < 4.78 is 0. The molecule has 2 aromatic heterocycles. The van der Waals surface area contributed by atoms with Crippen molar-refractivity contribution in [3.8, 4) is 6.07 Å². The Kier molecular flexibility index (Phi) is 3.38. The first-order valence-electron chi connectivity index (χ1n) is 4.50. The molecule has 0 bridgehead atoms. The molecule has 0 saturated carbocycles. The standard InChI is InChI=1S/C10H5Cl2N5/c11-7-4-9(17-10(12)15-7)16-8-3-6(5-13)1-2-14-8/h1-4H,(H,14,15,16,17). The summed E-state index contributed by atoms with van der Waals surface area (Å²) in [6.45, 7) is 0. The average molecular weight is 266 g/mol. The number of anilines is 2. The molecular weight excluding hydrogens is 261 g/mol. The van der Waals surface area contributed by atoms with Crippen molar-refractivity contribution in [2.24, 2.45) is 0 Å². The highest BCUT2D eigenvalue weighted by atomic mass is 35.5. The second kappa shape index (κ2) is 4.95. The lowest BCUT2D eigenvalue weighted by Gasteiger charge is -2.04. The van der Waals surface area contributed by atoms with E-state index < -0.39 is 0 Å². The SMILES string of the molecule is N#Cc1ccnc(Nc2cc(Cl)nc(Cl)n2)c1. The molecule has 0 amide bonds. The summed E-state index contributed by atoms with van der Waals surface area (Å²) in [4.78, 5) is 11.7. The highest BCUT2D eigenvalue weighted by Crippen LogP contribution is 2.18. The van der Waals surface area contributed by atoms with Crippen molar-refractivity contribution >= 4 is 34.8 Å². The van der Waals surface area contributed by atoms with Crippen molar-refractivity contribution in [3.63, 3.8) is 0 Å². The number of halogens is 2. The van der Waals surface area contributed by atoms with E-state index in [0.717, 1.165) is 0 Å². The maximum atomic E-state index is 8.74. The van der Waals surface area contributed by atoms with Gasteiger partial charge in [-0.05, 0) is 23.7 Å². The fraction of sp³-hybridized carbons (Fsp3) is 0. The van der Waals surface area contributed by atoms with E-state index in [2.05, 4.69) is 20.3 Å².